The molecule has 5 rings (SSSR count). The lowest BCUT2D eigenvalue weighted by molar-refractivity contribution is 0.390. The minimum Gasteiger partial charge on any atom is -0.338 e. The Bertz CT molecular complexity index is 1360. The second kappa shape index (κ2) is 7.57. The predicted octanol–water partition coefficient (Wildman–Crippen LogP) is 5.90. The van der Waals surface area contributed by atoms with Crippen LogP contribution in [0.2, 0.25) is 5.02 Å². The van der Waals surface area contributed by atoms with E-state index in [1.54, 1.807) is 6.07 Å². The molecule has 0 amide bonds. The summed E-state index contributed by atoms with van der Waals surface area (Å²) in [4.78, 5) is 16.2. The van der Waals surface area contributed by atoms with Crippen LogP contribution in [0.4, 0.5) is 0 Å². The number of halogens is 2. The van der Waals surface area contributed by atoms with Crippen LogP contribution in [0.15, 0.2) is 51.7 Å². The van der Waals surface area contributed by atoms with E-state index in [0.717, 1.165) is 40.9 Å². The number of benzene rings is 2. The topological polar surface area (TPSA) is 74.0 Å². The first-order chi connectivity index (χ1) is 14.5. The molecule has 4 aromatic rings. The fraction of sp³-hybridized carbons (Fsp3) is 0.261. The first kappa shape index (κ1) is 19.3. The summed E-state index contributed by atoms with van der Waals surface area (Å²) in [5.74, 6) is 0.661. The van der Waals surface area contributed by atoms with Gasteiger partial charge in [0.05, 0.1) is 16.6 Å². The van der Waals surface area contributed by atoms with Crippen molar-refractivity contribution in [1.82, 2.24) is 14.6 Å². The van der Waals surface area contributed by atoms with Crippen LogP contribution in [0.25, 0.3) is 16.6 Å². The molecule has 1 N–H and O–H groups in total. The standard InChI is InChI=1S/C23H18BrClN4O/c24-16-7-10-20-18(11-16)23(30)29-22(27-20)19(12-26)21(28-29)15-3-1-13(2-4-15)14-5-8-17(25)9-6-14/h5-11,13,15,27H,1-4H2. The van der Waals surface area contributed by atoms with Gasteiger partial charge in [0.1, 0.15) is 11.6 Å². The van der Waals surface area contributed by atoms with Crippen molar-refractivity contribution in [2.45, 2.75) is 37.5 Å². The average Bonchev–Trinajstić information content (AvgIpc) is 3.14. The van der Waals surface area contributed by atoms with Gasteiger partial charge in [-0.15, -0.1) is 0 Å². The minimum absolute atomic E-state index is 0.172. The van der Waals surface area contributed by atoms with Gasteiger partial charge < -0.3 is 4.98 Å². The maximum atomic E-state index is 13.0. The van der Waals surface area contributed by atoms with Crippen LogP contribution in [0.3, 0.4) is 0 Å². The predicted molar refractivity (Wildman–Crippen MR) is 121 cm³/mol. The Kier molecular flexibility index (Phi) is 4.88. The van der Waals surface area contributed by atoms with Gasteiger partial charge in [0.2, 0.25) is 0 Å². The van der Waals surface area contributed by atoms with Crippen LogP contribution >= 0.6 is 27.5 Å². The van der Waals surface area contributed by atoms with Crippen LogP contribution in [-0.4, -0.2) is 14.6 Å². The zero-order valence-electron chi connectivity index (χ0n) is 16.0. The van der Waals surface area contributed by atoms with E-state index in [2.05, 4.69) is 44.2 Å². The van der Waals surface area contributed by atoms with Crippen molar-refractivity contribution in [3.05, 3.63) is 79.1 Å². The summed E-state index contributed by atoms with van der Waals surface area (Å²) in [6.07, 6.45) is 3.91. The van der Waals surface area contributed by atoms with E-state index >= 15 is 0 Å². The van der Waals surface area contributed by atoms with Gasteiger partial charge in [0.25, 0.3) is 5.56 Å². The third kappa shape index (κ3) is 3.23. The molecule has 7 heteroatoms. The largest absolute Gasteiger partial charge is 0.338 e. The first-order valence-corrected chi connectivity index (χ1v) is 11.1. The number of aromatic nitrogens is 3. The van der Waals surface area contributed by atoms with Crippen molar-refractivity contribution in [2.75, 3.05) is 0 Å². The molecule has 1 aliphatic carbocycles. The van der Waals surface area contributed by atoms with Crippen LogP contribution in [-0.2, 0) is 0 Å². The molecule has 1 saturated carbocycles. The summed E-state index contributed by atoms with van der Waals surface area (Å²) in [7, 11) is 0. The maximum absolute atomic E-state index is 13.0. The number of fused-ring (bicyclic) bond motifs is 2. The molecule has 30 heavy (non-hydrogen) atoms. The van der Waals surface area contributed by atoms with E-state index in [1.807, 2.05) is 24.3 Å². The molecule has 1 aliphatic rings. The van der Waals surface area contributed by atoms with E-state index in [4.69, 9.17) is 11.6 Å². The number of H-pyrrole nitrogens is 1. The Hall–Kier alpha value is -2.62. The summed E-state index contributed by atoms with van der Waals surface area (Å²) in [5, 5.41) is 15.8. The summed E-state index contributed by atoms with van der Waals surface area (Å²) in [6.45, 7) is 0. The molecule has 5 nitrogen and oxygen atoms in total. The molecule has 1 fully saturated rings. The van der Waals surface area contributed by atoms with E-state index in [-0.39, 0.29) is 11.5 Å². The highest BCUT2D eigenvalue weighted by molar-refractivity contribution is 9.10. The Morgan fingerprint density at radius 1 is 1.10 bits per heavy atom. The van der Waals surface area contributed by atoms with Gasteiger partial charge >= 0.3 is 0 Å². The molecule has 2 aromatic heterocycles. The molecule has 2 heterocycles. The Morgan fingerprint density at radius 3 is 2.50 bits per heavy atom. The molecule has 0 bridgehead atoms. The Balaban J connectivity index is 1.51. The fourth-order valence-corrected chi connectivity index (χ4v) is 5.06. The van der Waals surface area contributed by atoms with E-state index < -0.39 is 0 Å². The normalized spacial score (nSPS) is 19.2. The molecular formula is C23H18BrClN4O. The highest BCUT2D eigenvalue weighted by atomic mass is 79.9. The lowest BCUT2D eigenvalue weighted by Gasteiger charge is -2.28. The molecule has 0 spiro atoms. The van der Waals surface area contributed by atoms with Crippen LogP contribution in [0, 0.1) is 11.3 Å². The Labute approximate surface area is 186 Å². The van der Waals surface area contributed by atoms with Gasteiger partial charge in [-0.05, 0) is 67.5 Å². The maximum Gasteiger partial charge on any atom is 0.282 e. The first-order valence-electron chi connectivity index (χ1n) is 9.95. The smallest absolute Gasteiger partial charge is 0.282 e. The SMILES string of the molecule is N#Cc1c(C2CCC(c3ccc(Cl)cc3)CC2)nn2c(=O)c3cc(Br)ccc3[nH]c12. The number of nitriles is 1. The van der Waals surface area contributed by atoms with Crippen molar-refractivity contribution in [2.24, 2.45) is 0 Å². The third-order valence-corrected chi connectivity index (χ3v) is 6.88. The fourth-order valence-electron chi connectivity index (χ4n) is 4.57. The summed E-state index contributed by atoms with van der Waals surface area (Å²) in [6, 6.07) is 15.9. The molecule has 0 unspecified atom stereocenters. The quantitative estimate of drug-likeness (QED) is 0.387. The zero-order valence-corrected chi connectivity index (χ0v) is 18.4. The minimum atomic E-state index is -0.211. The van der Waals surface area contributed by atoms with Crippen LogP contribution in [0.1, 0.15) is 54.3 Å². The number of hydrogen-bond donors (Lipinski definition) is 1. The van der Waals surface area contributed by atoms with Crippen molar-refractivity contribution >= 4 is 44.1 Å². The van der Waals surface area contributed by atoms with Crippen LogP contribution in [0.5, 0.6) is 0 Å². The van der Waals surface area contributed by atoms with Gasteiger partial charge in [-0.25, -0.2) is 0 Å². The van der Waals surface area contributed by atoms with Gasteiger partial charge in [-0.3, -0.25) is 4.79 Å². The average molecular weight is 482 g/mol. The lowest BCUT2D eigenvalue weighted by Crippen LogP contribution is -2.16. The second-order valence-electron chi connectivity index (χ2n) is 7.85. The number of nitrogens with one attached hydrogen (secondary N) is 1. The zero-order chi connectivity index (χ0) is 20.8. The third-order valence-electron chi connectivity index (χ3n) is 6.14. The molecule has 0 atom stereocenters. The van der Waals surface area contributed by atoms with E-state index in [0.29, 0.717) is 28.0 Å². The molecule has 150 valence electrons. The summed E-state index contributed by atoms with van der Waals surface area (Å²) >= 11 is 9.43. The number of aromatic amines is 1. The van der Waals surface area contributed by atoms with Gasteiger partial charge in [0.15, 0.2) is 5.65 Å². The van der Waals surface area contributed by atoms with Gasteiger partial charge in [-0.2, -0.15) is 14.9 Å². The van der Waals surface area contributed by atoms with Crippen molar-refractivity contribution in [3.63, 3.8) is 0 Å². The molecule has 0 radical (unpaired) electrons. The van der Waals surface area contributed by atoms with E-state index in [9.17, 15) is 10.1 Å². The number of rotatable bonds is 2. The number of nitrogens with zero attached hydrogens (tertiary/aromatic N) is 3. The molecular weight excluding hydrogens is 464 g/mol. The van der Waals surface area contributed by atoms with Crippen molar-refractivity contribution in [3.8, 4) is 6.07 Å². The summed E-state index contributed by atoms with van der Waals surface area (Å²) < 4.78 is 2.18. The monoisotopic (exact) mass is 480 g/mol. The lowest BCUT2D eigenvalue weighted by atomic mass is 9.77. The Morgan fingerprint density at radius 2 is 1.80 bits per heavy atom. The van der Waals surface area contributed by atoms with Crippen molar-refractivity contribution in [1.29, 1.82) is 5.26 Å². The number of hydrogen-bond acceptors (Lipinski definition) is 3. The van der Waals surface area contributed by atoms with Gasteiger partial charge in [0, 0.05) is 15.4 Å². The second-order valence-corrected chi connectivity index (χ2v) is 9.20. The van der Waals surface area contributed by atoms with Gasteiger partial charge in [-0.1, -0.05) is 39.7 Å². The van der Waals surface area contributed by atoms with Crippen LogP contribution < -0.4 is 5.56 Å². The van der Waals surface area contributed by atoms with E-state index in [1.165, 1.54) is 10.1 Å². The highest BCUT2D eigenvalue weighted by Crippen LogP contribution is 2.41. The highest BCUT2D eigenvalue weighted by Gasteiger charge is 2.29. The molecule has 0 aliphatic heterocycles. The summed E-state index contributed by atoms with van der Waals surface area (Å²) in [5.41, 5.74) is 3.48. The molecule has 0 saturated heterocycles. The van der Waals surface area contributed by atoms with Crippen molar-refractivity contribution < 1.29 is 0 Å². The molecule has 2 aromatic carbocycles.